The van der Waals surface area contributed by atoms with Crippen molar-refractivity contribution in [2.75, 3.05) is 18.5 Å². The Balaban J connectivity index is 1.90. The lowest BCUT2D eigenvalue weighted by Gasteiger charge is -2.16. The van der Waals surface area contributed by atoms with Crippen molar-refractivity contribution in [1.82, 2.24) is 0 Å². The number of benzene rings is 1. The number of anilines is 1. The average Bonchev–Trinajstić information content (AvgIpc) is 2.84. The van der Waals surface area contributed by atoms with Crippen LogP contribution in [0.15, 0.2) is 18.2 Å². The van der Waals surface area contributed by atoms with Gasteiger partial charge in [-0.1, -0.05) is 13.8 Å². The summed E-state index contributed by atoms with van der Waals surface area (Å²) < 4.78 is 5.45. The lowest BCUT2D eigenvalue weighted by molar-refractivity contribution is -0.117. The van der Waals surface area contributed by atoms with E-state index < -0.39 is 0 Å². The standard InChI is InChI=1S/C16H24N2O2/c1-11(2)7-12(10-17)8-16(19)18-14-3-4-15-13(9-14)5-6-20-15/h3-4,9,11-12H,5-8,10,17H2,1-2H3,(H,18,19). The molecule has 0 aliphatic carbocycles. The molecule has 1 unspecified atom stereocenters. The zero-order valence-electron chi connectivity index (χ0n) is 12.3. The highest BCUT2D eigenvalue weighted by molar-refractivity contribution is 5.91. The molecule has 3 N–H and O–H groups in total. The summed E-state index contributed by atoms with van der Waals surface area (Å²) in [6.45, 7) is 5.60. The Kier molecular flexibility index (Phi) is 5.01. The van der Waals surface area contributed by atoms with Crippen molar-refractivity contribution < 1.29 is 9.53 Å². The van der Waals surface area contributed by atoms with Crippen molar-refractivity contribution in [3.05, 3.63) is 23.8 Å². The largest absolute Gasteiger partial charge is 0.493 e. The molecule has 2 rings (SSSR count). The van der Waals surface area contributed by atoms with Gasteiger partial charge < -0.3 is 15.8 Å². The monoisotopic (exact) mass is 276 g/mol. The molecule has 4 heteroatoms. The van der Waals surface area contributed by atoms with Crippen LogP contribution in [0.2, 0.25) is 0 Å². The van der Waals surface area contributed by atoms with Crippen LogP contribution in [0.4, 0.5) is 5.69 Å². The maximum Gasteiger partial charge on any atom is 0.224 e. The van der Waals surface area contributed by atoms with Crippen molar-refractivity contribution in [2.45, 2.75) is 33.1 Å². The second-order valence-corrected chi connectivity index (χ2v) is 5.90. The summed E-state index contributed by atoms with van der Waals surface area (Å²) in [7, 11) is 0. The van der Waals surface area contributed by atoms with Crippen molar-refractivity contribution in [3.8, 4) is 5.75 Å². The first-order valence-electron chi connectivity index (χ1n) is 7.34. The Hall–Kier alpha value is -1.55. The SMILES string of the molecule is CC(C)CC(CN)CC(=O)Nc1ccc2c(c1)CCO2. The van der Waals surface area contributed by atoms with Crippen LogP contribution in [0, 0.1) is 11.8 Å². The van der Waals surface area contributed by atoms with Crippen LogP contribution in [-0.4, -0.2) is 19.1 Å². The maximum atomic E-state index is 12.1. The predicted molar refractivity (Wildman–Crippen MR) is 80.9 cm³/mol. The van der Waals surface area contributed by atoms with Crippen LogP contribution in [0.3, 0.4) is 0 Å². The fourth-order valence-electron chi connectivity index (χ4n) is 2.67. The number of ether oxygens (including phenoxy) is 1. The van der Waals surface area contributed by atoms with Gasteiger partial charge in [0, 0.05) is 18.5 Å². The van der Waals surface area contributed by atoms with Gasteiger partial charge in [0.15, 0.2) is 0 Å². The van der Waals surface area contributed by atoms with Crippen LogP contribution < -0.4 is 15.8 Å². The van der Waals surface area contributed by atoms with Crippen molar-refractivity contribution in [2.24, 2.45) is 17.6 Å². The Morgan fingerprint density at radius 1 is 1.45 bits per heavy atom. The molecule has 1 aromatic rings. The summed E-state index contributed by atoms with van der Waals surface area (Å²) in [6.07, 6.45) is 2.39. The summed E-state index contributed by atoms with van der Waals surface area (Å²) >= 11 is 0. The minimum Gasteiger partial charge on any atom is -0.493 e. The number of carbonyl (C=O) groups is 1. The van der Waals surface area contributed by atoms with Gasteiger partial charge in [0.2, 0.25) is 5.91 Å². The minimum absolute atomic E-state index is 0.0416. The third-order valence-corrected chi connectivity index (χ3v) is 3.59. The number of nitrogens with two attached hydrogens (primary N) is 1. The van der Waals surface area contributed by atoms with Gasteiger partial charge in [0.25, 0.3) is 0 Å². The van der Waals surface area contributed by atoms with Crippen LogP contribution in [0.5, 0.6) is 5.75 Å². The molecular formula is C16H24N2O2. The lowest BCUT2D eigenvalue weighted by atomic mass is 9.94. The third kappa shape index (κ3) is 3.97. The molecule has 1 heterocycles. The number of amides is 1. The quantitative estimate of drug-likeness (QED) is 0.839. The van der Waals surface area contributed by atoms with E-state index in [1.165, 1.54) is 5.56 Å². The molecule has 1 aliphatic rings. The molecule has 1 aromatic carbocycles. The molecule has 20 heavy (non-hydrogen) atoms. The molecule has 1 amide bonds. The first-order valence-corrected chi connectivity index (χ1v) is 7.34. The normalized spacial score (nSPS) is 14.8. The van der Waals surface area contributed by atoms with Crippen molar-refractivity contribution >= 4 is 11.6 Å². The highest BCUT2D eigenvalue weighted by Crippen LogP contribution is 2.28. The summed E-state index contributed by atoms with van der Waals surface area (Å²) in [6, 6.07) is 5.81. The van der Waals surface area contributed by atoms with Gasteiger partial charge in [0.05, 0.1) is 6.61 Å². The number of hydrogen-bond acceptors (Lipinski definition) is 3. The van der Waals surface area contributed by atoms with Crippen molar-refractivity contribution in [1.29, 1.82) is 0 Å². The Morgan fingerprint density at radius 3 is 2.95 bits per heavy atom. The third-order valence-electron chi connectivity index (χ3n) is 3.59. The molecule has 4 nitrogen and oxygen atoms in total. The average molecular weight is 276 g/mol. The molecule has 110 valence electrons. The minimum atomic E-state index is 0.0416. The van der Waals surface area contributed by atoms with Crippen LogP contribution in [-0.2, 0) is 11.2 Å². The van der Waals surface area contributed by atoms with Crippen molar-refractivity contribution in [3.63, 3.8) is 0 Å². The number of hydrogen-bond donors (Lipinski definition) is 2. The summed E-state index contributed by atoms with van der Waals surface area (Å²) in [5.41, 5.74) is 7.75. The molecule has 0 bridgehead atoms. The maximum absolute atomic E-state index is 12.1. The van der Waals surface area contributed by atoms with Crippen LogP contribution in [0.1, 0.15) is 32.3 Å². The Morgan fingerprint density at radius 2 is 2.25 bits per heavy atom. The van der Waals surface area contributed by atoms with Gasteiger partial charge in [-0.3, -0.25) is 4.79 Å². The van der Waals surface area contributed by atoms with E-state index in [4.69, 9.17) is 10.5 Å². The van der Waals surface area contributed by atoms with E-state index in [9.17, 15) is 4.79 Å². The summed E-state index contributed by atoms with van der Waals surface area (Å²) in [4.78, 5) is 12.1. The molecule has 0 fully saturated rings. The number of carbonyl (C=O) groups excluding carboxylic acids is 1. The van der Waals surface area contributed by atoms with Gasteiger partial charge >= 0.3 is 0 Å². The Bertz CT molecular complexity index is 472. The molecule has 0 saturated carbocycles. The fourth-order valence-corrected chi connectivity index (χ4v) is 2.67. The van der Waals surface area contributed by atoms with E-state index in [1.807, 2.05) is 18.2 Å². The first kappa shape index (κ1) is 14.9. The molecular weight excluding hydrogens is 252 g/mol. The molecule has 1 aliphatic heterocycles. The highest BCUT2D eigenvalue weighted by atomic mass is 16.5. The topological polar surface area (TPSA) is 64.4 Å². The van der Waals surface area contributed by atoms with E-state index in [0.29, 0.717) is 18.9 Å². The molecule has 1 atom stereocenters. The zero-order valence-corrected chi connectivity index (χ0v) is 12.3. The fraction of sp³-hybridized carbons (Fsp3) is 0.562. The Labute approximate surface area is 120 Å². The molecule has 0 saturated heterocycles. The molecule has 0 spiro atoms. The number of nitrogens with one attached hydrogen (secondary N) is 1. The summed E-state index contributed by atoms with van der Waals surface area (Å²) in [5, 5.41) is 2.96. The van der Waals surface area contributed by atoms with Gasteiger partial charge in [0.1, 0.15) is 5.75 Å². The van der Waals surface area contributed by atoms with E-state index in [2.05, 4.69) is 19.2 Å². The predicted octanol–water partition coefficient (Wildman–Crippen LogP) is 2.57. The van der Waals surface area contributed by atoms with Crippen LogP contribution in [0.25, 0.3) is 0 Å². The number of rotatable bonds is 6. The molecule has 0 aromatic heterocycles. The zero-order chi connectivity index (χ0) is 14.5. The lowest BCUT2D eigenvalue weighted by Crippen LogP contribution is -2.23. The van der Waals surface area contributed by atoms with E-state index in [0.717, 1.165) is 30.9 Å². The van der Waals surface area contributed by atoms with Gasteiger partial charge in [-0.05, 0) is 48.6 Å². The second-order valence-electron chi connectivity index (χ2n) is 5.90. The van der Waals surface area contributed by atoms with Gasteiger partial charge in [-0.25, -0.2) is 0 Å². The first-order chi connectivity index (χ1) is 9.58. The van der Waals surface area contributed by atoms with E-state index >= 15 is 0 Å². The van der Waals surface area contributed by atoms with E-state index in [-0.39, 0.29) is 11.8 Å². The summed E-state index contributed by atoms with van der Waals surface area (Å²) in [5.74, 6) is 1.80. The van der Waals surface area contributed by atoms with E-state index in [1.54, 1.807) is 0 Å². The second kappa shape index (κ2) is 6.75. The van der Waals surface area contributed by atoms with Crippen LogP contribution >= 0.6 is 0 Å². The highest BCUT2D eigenvalue weighted by Gasteiger charge is 2.16. The number of fused-ring (bicyclic) bond motifs is 1. The molecule has 0 radical (unpaired) electrons. The smallest absolute Gasteiger partial charge is 0.224 e. The van der Waals surface area contributed by atoms with Gasteiger partial charge in [-0.2, -0.15) is 0 Å². The van der Waals surface area contributed by atoms with Gasteiger partial charge in [-0.15, -0.1) is 0 Å².